The highest BCUT2D eigenvalue weighted by molar-refractivity contribution is 7.91. The molecule has 0 aliphatic carbocycles. The summed E-state index contributed by atoms with van der Waals surface area (Å²) in [6.07, 6.45) is 1.54. The number of rotatable bonds is 8. The molecule has 0 saturated carbocycles. The average molecular weight is 516 g/mol. The van der Waals surface area contributed by atoms with Crippen molar-refractivity contribution in [1.82, 2.24) is 9.78 Å². The summed E-state index contributed by atoms with van der Waals surface area (Å²) in [5.74, 6) is -0.252. The van der Waals surface area contributed by atoms with E-state index in [0.29, 0.717) is 10.8 Å². The molecule has 0 spiro atoms. The van der Waals surface area contributed by atoms with Crippen molar-refractivity contribution in [1.29, 1.82) is 0 Å². The van der Waals surface area contributed by atoms with Crippen molar-refractivity contribution in [2.45, 2.75) is 16.5 Å². The van der Waals surface area contributed by atoms with Gasteiger partial charge < -0.3 is 14.8 Å². The molecule has 1 N–H and O–H groups in total. The molecule has 1 amide bonds. The lowest BCUT2D eigenvalue weighted by Crippen LogP contribution is -2.15. The van der Waals surface area contributed by atoms with E-state index in [1.165, 1.54) is 84.6 Å². The van der Waals surface area contributed by atoms with Crippen LogP contribution in [0.1, 0.15) is 10.5 Å². The lowest BCUT2D eigenvalue weighted by molar-refractivity contribution is 0.102. The van der Waals surface area contributed by atoms with Gasteiger partial charge in [-0.25, -0.2) is 17.5 Å². The number of hydrogen-bond donors (Lipinski definition) is 1. The van der Waals surface area contributed by atoms with Gasteiger partial charge in [0.1, 0.15) is 17.3 Å². The maximum absolute atomic E-state index is 13.1. The molecule has 0 unspecified atom stereocenters. The summed E-state index contributed by atoms with van der Waals surface area (Å²) in [6, 6.07) is 16.9. The topological polar surface area (TPSA) is 99.5 Å². The van der Waals surface area contributed by atoms with E-state index in [2.05, 4.69) is 10.4 Å². The van der Waals surface area contributed by atoms with Crippen LogP contribution in [0, 0.1) is 5.82 Å². The van der Waals surface area contributed by atoms with Gasteiger partial charge >= 0.3 is 0 Å². The Morgan fingerprint density at radius 2 is 1.71 bits per heavy atom. The molecule has 35 heavy (non-hydrogen) atoms. The summed E-state index contributed by atoms with van der Waals surface area (Å²) < 4.78 is 51.2. The van der Waals surface area contributed by atoms with Crippen molar-refractivity contribution in [3.63, 3.8) is 0 Å². The Morgan fingerprint density at radius 1 is 1.00 bits per heavy atom. The molecule has 0 aliphatic heterocycles. The number of nitrogens with one attached hydrogen (secondary N) is 1. The van der Waals surface area contributed by atoms with Crippen LogP contribution in [0.25, 0.3) is 0 Å². The van der Waals surface area contributed by atoms with Gasteiger partial charge in [-0.3, -0.25) is 4.79 Å². The Kier molecular flexibility index (Phi) is 7.04. The molecule has 180 valence electrons. The lowest BCUT2D eigenvalue weighted by atomic mass is 10.3. The van der Waals surface area contributed by atoms with Gasteiger partial charge in [0.15, 0.2) is 12.4 Å². The first-order valence-corrected chi connectivity index (χ1v) is 12.0. The second-order valence-electron chi connectivity index (χ2n) is 7.28. The molecule has 1 aromatic heterocycles. The van der Waals surface area contributed by atoms with E-state index < -0.39 is 15.7 Å². The number of hydrogen-bond acceptors (Lipinski definition) is 6. The van der Waals surface area contributed by atoms with Crippen molar-refractivity contribution in [3.8, 4) is 11.5 Å². The highest BCUT2D eigenvalue weighted by Crippen LogP contribution is 2.29. The van der Waals surface area contributed by atoms with Crippen LogP contribution < -0.4 is 14.8 Å². The van der Waals surface area contributed by atoms with Crippen LogP contribution in [0.2, 0.25) is 5.02 Å². The monoisotopic (exact) mass is 515 g/mol. The van der Waals surface area contributed by atoms with Crippen LogP contribution in [0.4, 0.5) is 10.1 Å². The molecule has 1 heterocycles. The third-order valence-corrected chi connectivity index (χ3v) is 6.86. The molecule has 0 atom stereocenters. The first-order valence-electron chi connectivity index (χ1n) is 10.2. The van der Waals surface area contributed by atoms with Crippen molar-refractivity contribution < 1.29 is 27.1 Å². The third kappa shape index (κ3) is 5.79. The SMILES string of the molecule is COc1cc(NC(=O)c2ccn(COc3ccc(F)cc3)n2)cc(S(=O)(=O)c2ccc(Cl)cc2)c1. The van der Waals surface area contributed by atoms with Crippen LogP contribution in [0.5, 0.6) is 11.5 Å². The fourth-order valence-corrected chi connectivity index (χ4v) is 4.53. The van der Waals surface area contributed by atoms with Crippen LogP contribution in [-0.2, 0) is 16.6 Å². The van der Waals surface area contributed by atoms with E-state index in [1.807, 2.05) is 0 Å². The number of amides is 1. The molecule has 0 saturated heterocycles. The molecular formula is C24H19ClFN3O5S. The van der Waals surface area contributed by atoms with Crippen LogP contribution >= 0.6 is 11.6 Å². The summed E-state index contributed by atoms with van der Waals surface area (Å²) in [6.45, 7) is 0.00154. The quantitative estimate of drug-likeness (QED) is 0.361. The number of benzene rings is 3. The summed E-state index contributed by atoms with van der Waals surface area (Å²) in [7, 11) is -2.50. The van der Waals surface area contributed by atoms with Crippen molar-refractivity contribution >= 4 is 33.0 Å². The smallest absolute Gasteiger partial charge is 0.276 e. The van der Waals surface area contributed by atoms with E-state index in [0.717, 1.165) is 0 Å². The zero-order chi connectivity index (χ0) is 25.0. The number of halogens is 2. The number of anilines is 1. The van der Waals surface area contributed by atoms with Crippen molar-refractivity contribution in [3.05, 3.63) is 95.5 Å². The minimum absolute atomic E-state index is 0.00154. The van der Waals surface area contributed by atoms with E-state index in [9.17, 15) is 17.6 Å². The molecule has 0 fully saturated rings. The van der Waals surface area contributed by atoms with E-state index >= 15 is 0 Å². The number of methoxy groups -OCH3 is 1. The lowest BCUT2D eigenvalue weighted by Gasteiger charge is -2.11. The Hall–Kier alpha value is -3.89. The van der Waals surface area contributed by atoms with Gasteiger partial charge in [0, 0.05) is 23.0 Å². The molecule has 0 radical (unpaired) electrons. The summed E-state index contributed by atoms with van der Waals surface area (Å²) in [4.78, 5) is 12.7. The molecule has 0 aliphatic rings. The number of sulfone groups is 1. The highest BCUT2D eigenvalue weighted by Gasteiger charge is 2.20. The zero-order valence-corrected chi connectivity index (χ0v) is 19.9. The number of carbonyl (C=O) groups is 1. The van der Waals surface area contributed by atoms with Crippen LogP contribution in [0.15, 0.2) is 88.8 Å². The van der Waals surface area contributed by atoms with Gasteiger partial charge in [-0.15, -0.1) is 0 Å². The summed E-state index contributed by atoms with van der Waals surface area (Å²) in [5.41, 5.74) is 0.289. The van der Waals surface area contributed by atoms with E-state index in [-0.39, 0.29) is 39.5 Å². The molecule has 4 aromatic rings. The van der Waals surface area contributed by atoms with E-state index in [1.54, 1.807) is 6.20 Å². The Bertz CT molecular complexity index is 1460. The van der Waals surface area contributed by atoms with Gasteiger partial charge in [0.05, 0.1) is 16.9 Å². The largest absolute Gasteiger partial charge is 0.497 e. The van der Waals surface area contributed by atoms with Gasteiger partial charge in [-0.1, -0.05) is 11.6 Å². The summed E-state index contributed by atoms with van der Waals surface area (Å²) in [5, 5.41) is 7.20. The molecule has 3 aromatic carbocycles. The van der Waals surface area contributed by atoms with Gasteiger partial charge in [0.25, 0.3) is 5.91 Å². The predicted molar refractivity (Wildman–Crippen MR) is 127 cm³/mol. The van der Waals surface area contributed by atoms with Gasteiger partial charge in [0.2, 0.25) is 9.84 Å². The van der Waals surface area contributed by atoms with Crippen LogP contribution in [-0.4, -0.2) is 31.2 Å². The fraction of sp³-hybridized carbons (Fsp3) is 0.0833. The maximum atomic E-state index is 13.1. The van der Waals surface area contributed by atoms with Crippen molar-refractivity contribution in [2.75, 3.05) is 12.4 Å². The van der Waals surface area contributed by atoms with Crippen molar-refractivity contribution in [2.24, 2.45) is 0 Å². The molecular weight excluding hydrogens is 497 g/mol. The number of nitrogens with zero attached hydrogens (tertiary/aromatic N) is 2. The van der Waals surface area contributed by atoms with Crippen LogP contribution in [0.3, 0.4) is 0 Å². The molecule has 4 rings (SSSR count). The second kappa shape index (κ2) is 10.2. The normalized spacial score (nSPS) is 11.2. The number of aromatic nitrogens is 2. The van der Waals surface area contributed by atoms with E-state index in [4.69, 9.17) is 21.1 Å². The van der Waals surface area contributed by atoms with Gasteiger partial charge in [-0.05, 0) is 66.7 Å². The standard InChI is InChI=1S/C24H19ClFN3O5S/c1-33-20-12-18(13-22(14-20)35(31,32)21-8-2-16(25)3-9-21)27-24(30)23-10-11-29(28-23)15-34-19-6-4-17(26)5-7-19/h2-14H,15H2,1H3,(H,27,30). The number of ether oxygens (including phenoxy) is 2. The maximum Gasteiger partial charge on any atom is 0.276 e. The third-order valence-electron chi connectivity index (χ3n) is 4.86. The molecule has 11 heteroatoms. The second-order valence-corrected chi connectivity index (χ2v) is 9.66. The first-order chi connectivity index (χ1) is 16.7. The summed E-state index contributed by atoms with van der Waals surface area (Å²) >= 11 is 5.86. The molecule has 8 nitrogen and oxygen atoms in total. The first kappa shape index (κ1) is 24.2. The predicted octanol–water partition coefficient (Wildman–Crippen LogP) is 4.81. The zero-order valence-electron chi connectivity index (χ0n) is 18.3. The average Bonchev–Trinajstić information content (AvgIpc) is 3.33. The Morgan fingerprint density at radius 3 is 2.40 bits per heavy atom. The van der Waals surface area contributed by atoms with Gasteiger partial charge in [-0.2, -0.15) is 5.10 Å². The Labute approximate surface area is 205 Å². The Balaban J connectivity index is 1.50. The number of carbonyl (C=O) groups excluding carboxylic acids is 1. The molecule has 0 bridgehead atoms. The highest BCUT2D eigenvalue weighted by atomic mass is 35.5. The minimum Gasteiger partial charge on any atom is -0.497 e. The fourth-order valence-electron chi connectivity index (χ4n) is 3.09. The minimum atomic E-state index is -3.89.